The molecule has 0 radical (unpaired) electrons. The number of hydrogen-bond acceptors (Lipinski definition) is 4. The summed E-state index contributed by atoms with van der Waals surface area (Å²) in [5.74, 6) is 1.52. The standard InChI is InChI=1S/C22H18N2O2/c1-12-2-5-15-18(8-12)22(11-19(15)25)16-6-3-13(23)9-20(16)26-21-10-14(24)4-7-17(21)22/h2-10H,11,23-24H2,1H3. The van der Waals surface area contributed by atoms with Gasteiger partial charge in [-0.2, -0.15) is 0 Å². The van der Waals surface area contributed by atoms with Gasteiger partial charge in [0.05, 0.1) is 5.41 Å². The number of nitrogen functional groups attached to an aromatic ring is 2. The largest absolute Gasteiger partial charge is 0.457 e. The summed E-state index contributed by atoms with van der Waals surface area (Å²) >= 11 is 0. The molecule has 1 aliphatic heterocycles. The van der Waals surface area contributed by atoms with Gasteiger partial charge in [0.1, 0.15) is 11.5 Å². The number of hydrogen-bond donors (Lipinski definition) is 2. The average Bonchev–Trinajstić information content (AvgIpc) is 2.87. The Morgan fingerprint density at radius 3 is 2.08 bits per heavy atom. The highest BCUT2D eigenvalue weighted by molar-refractivity contribution is 6.04. The molecule has 0 amide bonds. The molecule has 4 heteroatoms. The summed E-state index contributed by atoms with van der Waals surface area (Å²) in [4.78, 5) is 12.9. The molecule has 0 atom stereocenters. The fraction of sp³-hybridized carbons (Fsp3) is 0.136. The number of Topliss-reactive ketones (excluding diaryl/α,β-unsaturated/α-hetero) is 1. The van der Waals surface area contributed by atoms with Crippen molar-refractivity contribution in [3.63, 3.8) is 0 Å². The topological polar surface area (TPSA) is 78.3 Å². The molecular formula is C22H18N2O2. The summed E-state index contributed by atoms with van der Waals surface area (Å²) in [7, 11) is 0. The SMILES string of the molecule is Cc1ccc2c(c1)C1(CC2=O)c2ccc(N)cc2Oc2cc(N)ccc21. The third-order valence-electron chi connectivity index (χ3n) is 5.51. The molecule has 128 valence electrons. The number of ether oxygens (including phenoxy) is 1. The van der Waals surface area contributed by atoms with E-state index in [1.807, 2.05) is 55.5 Å². The van der Waals surface area contributed by atoms with Crippen LogP contribution in [0.2, 0.25) is 0 Å². The number of ketones is 1. The molecule has 4 N–H and O–H groups in total. The summed E-state index contributed by atoms with van der Waals surface area (Å²) in [6.07, 6.45) is 0.378. The highest BCUT2D eigenvalue weighted by Gasteiger charge is 2.51. The molecule has 0 saturated carbocycles. The molecule has 5 rings (SSSR count). The van der Waals surface area contributed by atoms with Crippen molar-refractivity contribution < 1.29 is 9.53 Å². The van der Waals surface area contributed by atoms with Crippen molar-refractivity contribution in [3.05, 3.63) is 82.4 Å². The molecule has 1 spiro atoms. The number of rotatable bonds is 0. The highest BCUT2D eigenvalue weighted by atomic mass is 16.5. The zero-order valence-corrected chi connectivity index (χ0v) is 14.4. The molecule has 0 bridgehead atoms. The second-order valence-corrected chi connectivity index (χ2v) is 7.17. The average molecular weight is 342 g/mol. The molecular weight excluding hydrogens is 324 g/mol. The molecule has 2 aliphatic rings. The molecule has 0 fully saturated rings. The normalized spacial score (nSPS) is 16.0. The first kappa shape index (κ1) is 15.0. The minimum atomic E-state index is -0.567. The monoisotopic (exact) mass is 342 g/mol. The van der Waals surface area contributed by atoms with Crippen LogP contribution in [0.5, 0.6) is 11.5 Å². The third kappa shape index (κ3) is 1.81. The first-order chi connectivity index (χ1) is 12.5. The highest BCUT2D eigenvalue weighted by Crippen LogP contribution is 2.57. The van der Waals surface area contributed by atoms with E-state index in [2.05, 4.69) is 6.07 Å². The second-order valence-electron chi connectivity index (χ2n) is 7.17. The number of aryl methyl sites for hydroxylation is 1. The molecule has 1 heterocycles. The van der Waals surface area contributed by atoms with Crippen LogP contribution < -0.4 is 16.2 Å². The van der Waals surface area contributed by atoms with Crippen LogP contribution in [0.25, 0.3) is 0 Å². The van der Waals surface area contributed by atoms with E-state index in [1.165, 1.54) is 0 Å². The van der Waals surface area contributed by atoms with E-state index in [-0.39, 0.29) is 5.78 Å². The molecule has 0 aromatic heterocycles. The van der Waals surface area contributed by atoms with E-state index in [0.29, 0.717) is 29.3 Å². The number of carbonyl (C=O) groups is 1. The van der Waals surface area contributed by atoms with Gasteiger partial charge in [0.15, 0.2) is 5.78 Å². The quantitative estimate of drug-likeness (QED) is 0.601. The first-order valence-corrected chi connectivity index (χ1v) is 8.61. The van der Waals surface area contributed by atoms with Crippen LogP contribution in [0.3, 0.4) is 0 Å². The summed E-state index contributed by atoms with van der Waals surface area (Å²) in [5, 5.41) is 0. The van der Waals surface area contributed by atoms with Crippen LogP contribution in [0.15, 0.2) is 54.6 Å². The van der Waals surface area contributed by atoms with Crippen LogP contribution >= 0.6 is 0 Å². The maximum atomic E-state index is 12.9. The van der Waals surface area contributed by atoms with E-state index in [1.54, 1.807) is 0 Å². The van der Waals surface area contributed by atoms with Crippen molar-refractivity contribution in [2.24, 2.45) is 0 Å². The van der Waals surface area contributed by atoms with Crippen LogP contribution in [-0.4, -0.2) is 5.78 Å². The molecule has 26 heavy (non-hydrogen) atoms. The van der Waals surface area contributed by atoms with Gasteiger partial charge in [-0.25, -0.2) is 0 Å². The van der Waals surface area contributed by atoms with Crippen molar-refractivity contribution in [1.82, 2.24) is 0 Å². The number of carbonyl (C=O) groups excluding carboxylic acids is 1. The summed E-state index contributed by atoms with van der Waals surface area (Å²) < 4.78 is 6.14. The zero-order chi connectivity index (χ0) is 18.1. The predicted molar refractivity (Wildman–Crippen MR) is 102 cm³/mol. The number of benzene rings is 3. The van der Waals surface area contributed by atoms with Crippen molar-refractivity contribution in [2.75, 3.05) is 11.5 Å². The van der Waals surface area contributed by atoms with Gasteiger partial charge in [0.25, 0.3) is 0 Å². The van der Waals surface area contributed by atoms with Crippen LogP contribution in [0.1, 0.15) is 39.0 Å². The Bertz CT molecular complexity index is 1050. The minimum Gasteiger partial charge on any atom is -0.457 e. The summed E-state index contributed by atoms with van der Waals surface area (Å²) in [6, 6.07) is 17.4. The van der Waals surface area contributed by atoms with Gasteiger partial charge in [-0.1, -0.05) is 35.9 Å². The van der Waals surface area contributed by atoms with E-state index < -0.39 is 5.41 Å². The minimum absolute atomic E-state index is 0.146. The van der Waals surface area contributed by atoms with E-state index in [9.17, 15) is 4.79 Å². The molecule has 0 unspecified atom stereocenters. The molecule has 3 aromatic carbocycles. The fourth-order valence-electron chi connectivity index (χ4n) is 4.38. The van der Waals surface area contributed by atoms with Crippen molar-refractivity contribution in [2.45, 2.75) is 18.8 Å². The van der Waals surface area contributed by atoms with Gasteiger partial charge < -0.3 is 16.2 Å². The van der Waals surface area contributed by atoms with E-state index in [0.717, 1.165) is 27.8 Å². The molecule has 0 saturated heterocycles. The maximum absolute atomic E-state index is 12.9. The Balaban J connectivity index is 1.92. The van der Waals surface area contributed by atoms with Crippen LogP contribution in [0, 0.1) is 6.92 Å². The smallest absolute Gasteiger partial charge is 0.164 e. The lowest BCUT2D eigenvalue weighted by atomic mass is 9.68. The van der Waals surface area contributed by atoms with Gasteiger partial charge in [-0.3, -0.25) is 4.79 Å². The first-order valence-electron chi connectivity index (χ1n) is 8.61. The maximum Gasteiger partial charge on any atom is 0.164 e. The number of fused-ring (bicyclic) bond motifs is 6. The molecule has 1 aliphatic carbocycles. The van der Waals surface area contributed by atoms with Gasteiger partial charge in [0.2, 0.25) is 0 Å². The second kappa shape index (κ2) is 4.88. The summed E-state index contributed by atoms with van der Waals surface area (Å²) in [5.41, 5.74) is 17.6. The van der Waals surface area contributed by atoms with Crippen LogP contribution in [-0.2, 0) is 5.41 Å². The fourth-order valence-corrected chi connectivity index (χ4v) is 4.38. The van der Waals surface area contributed by atoms with Gasteiger partial charge in [-0.15, -0.1) is 0 Å². The van der Waals surface area contributed by atoms with Crippen molar-refractivity contribution in [3.8, 4) is 11.5 Å². The Hall–Kier alpha value is -3.27. The van der Waals surface area contributed by atoms with Gasteiger partial charge in [-0.05, 0) is 24.6 Å². The Morgan fingerprint density at radius 1 is 0.846 bits per heavy atom. The van der Waals surface area contributed by atoms with Crippen LogP contribution in [0.4, 0.5) is 11.4 Å². The molecule has 4 nitrogen and oxygen atoms in total. The van der Waals surface area contributed by atoms with Crippen molar-refractivity contribution >= 4 is 17.2 Å². The van der Waals surface area contributed by atoms with Crippen molar-refractivity contribution in [1.29, 1.82) is 0 Å². The van der Waals surface area contributed by atoms with Gasteiger partial charge in [0, 0.05) is 46.6 Å². The summed E-state index contributed by atoms with van der Waals surface area (Å²) in [6.45, 7) is 2.05. The van der Waals surface area contributed by atoms with E-state index in [4.69, 9.17) is 16.2 Å². The zero-order valence-electron chi connectivity index (χ0n) is 14.4. The number of nitrogens with two attached hydrogens (primary N) is 2. The lowest BCUT2D eigenvalue weighted by Crippen LogP contribution is -2.31. The Kier molecular flexibility index (Phi) is 2.82. The van der Waals surface area contributed by atoms with E-state index >= 15 is 0 Å². The predicted octanol–water partition coefficient (Wildman–Crippen LogP) is 4.19. The Morgan fingerprint density at radius 2 is 1.46 bits per heavy atom. The number of anilines is 2. The molecule has 3 aromatic rings. The van der Waals surface area contributed by atoms with Gasteiger partial charge >= 0.3 is 0 Å². The third-order valence-corrected chi connectivity index (χ3v) is 5.51. The Labute approximate surface area is 151 Å². The lowest BCUT2D eigenvalue weighted by Gasteiger charge is -2.38. The lowest BCUT2D eigenvalue weighted by molar-refractivity contribution is 0.0983.